The van der Waals surface area contributed by atoms with Gasteiger partial charge in [-0.25, -0.2) is 4.39 Å². The van der Waals surface area contributed by atoms with Crippen LogP contribution in [0.5, 0.6) is 0 Å². The van der Waals surface area contributed by atoms with Crippen LogP contribution in [0.1, 0.15) is 31.2 Å². The lowest BCUT2D eigenvalue weighted by Gasteiger charge is -2.33. The van der Waals surface area contributed by atoms with E-state index in [1.165, 1.54) is 12.5 Å². The van der Waals surface area contributed by atoms with Crippen molar-refractivity contribution in [2.24, 2.45) is 11.8 Å². The molecule has 17 heavy (non-hydrogen) atoms. The van der Waals surface area contributed by atoms with E-state index in [-0.39, 0.29) is 5.82 Å². The van der Waals surface area contributed by atoms with Crippen molar-refractivity contribution in [1.29, 1.82) is 0 Å². The number of fused-ring (bicyclic) bond motifs is 2. The molecule has 0 aliphatic heterocycles. The second-order valence-electron chi connectivity index (χ2n) is 5.56. The molecular weight excluding hydrogens is 239 g/mol. The van der Waals surface area contributed by atoms with E-state index < -0.39 is 5.60 Å². The van der Waals surface area contributed by atoms with E-state index in [2.05, 4.69) is 0 Å². The first-order chi connectivity index (χ1) is 8.08. The number of benzene rings is 1. The van der Waals surface area contributed by atoms with Gasteiger partial charge >= 0.3 is 0 Å². The Kier molecular flexibility index (Phi) is 2.68. The van der Waals surface area contributed by atoms with Gasteiger partial charge in [0.2, 0.25) is 0 Å². The van der Waals surface area contributed by atoms with Gasteiger partial charge in [0.25, 0.3) is 0 Å². The van der Waals surface area contributed by atoms with E-state index in [0.29, 0.717) is 28.8 Å². The van der Waals surface area contributed by atoms with Crippen molar-refractivity contribution in [3.8, 4) is 0 Å². The summed E-state index contributed by atoms with van der Waals surface area (Å²) >= 11 is 6.02. The third-order valence-electron chi connectivity index (χ3n) is 4.49. The van der Waals surface area contributed by atoms with Gasteiger partial charge in [-0.1, -0.05) is 17.7 Å². The van der Waals surface area contributed by atoms with Gasteiger partial charge in [0.1, 0.15) is 5.82 Å². The molecule has 2 bridgehead atoms. The summed E-state index contributed by atoms with van der Waals surface area (Å²) in [6.07, 6.45) is 4.57. The fraction of sp³-hybridized carbons (Fsp3) is 0.571. The molecule has 2 fully saturated rings. The van der Waals surface area contributed by atoms with Gasteiger partial charge in [0.05, 0.1) is 5.60 Å². The largest absolute Gasteiger partial charge is 0.389 e. The van der Waals surface area contributed by atoms with Crippen LogP contribution in [-0.2, 0) is 6.42 Å². The van der Waals surface area contributed by atoms with Crippen LogP contribution in [0.2, 0.25) is 5.02 Å². The quantitative estimate of drug-likeness (QED) is 0.856. The standard InChI is InChI=1S/C14H16ClFO/c15-12-2-1-3-13(16)11(12)8-14(17)7-9-4-5-10(14)6-9/h1-3,9-10,17H,4-8H2. The van der Waals surface area contributed by atoms with Gasteiger partial charge < -0.3 is 5.11 Å². The SMILES string of the molecule is OC1(Cc2c(F)cccc2Cl)CC2CCC1C2. The molecule has 0 radical (unpaired) electrons. The van der Waals surface area contributed by atoms with Crippen molar-refractivity contribution in [2.45, 2.75) is 37.7 Å². The van der Waals surface area contributed by atoms with E-state index in [4.69, 9.17) is 11.6 Å². The summed E-state index contributed by atoms with van der Waals surface area (Å²) in [6.45, 7) is 0. The second kappa shape index (κ2) is 3.96. The van der Waals surface area contributed by atoms with Crippen molar-refractivity contribution in [2.75, 3.05) is 0 Å². The maximum absolute atomic E-state index is 13.7. The molecule has 0 aromatic heterocycles. The minimum absolute atomic E-state index is 0.298. The summed E-state index contributed by atoms with van der Waals surface area (Å²) < 4.78 is 13.7. The highest BCUT2D eigenvalue weighted by molar-refractivity contribution is 6.31. The molecule has 92 valence electrons. The average Bonchev–Trinajstić information content (AvgIpc) is 2.83. The van der Waals surface area contributed by atoms with Crippen molar-refractivity contribution >= 4 is 11.6 Å². The smallest absolute Gasteiger partial charge is 0.127 e. The maximum atomic E-state index is 13.7. The zero-order chi connectivity index (χ0) is 12.0. The van der Waals surface area contributed by atoms with Crippen LogP contribution in [-0.4, -0.2) is 10.7 Å². The maximum Gasteiger partial charge on any atom is 0.127 e. The first kappa shape index (κ1) is 11.5. The van der Waals surface area contributed by atoms with Crippen molar-refractivity contribution in [1.82, 2.24) is 0 Å². The zero-order valence-corrected chi connectivity index (χ0v) is 10.4. The molecule has 2 aliphatic rings. The highest BCUT2D eigenvalue weighted by atomic mass is 35.5. The molecule has 2 saturated carbocycles. The molecular formula is C14H16ClFO. The molecule has 1 nitrogen and oxygen atoms in total. The summed E-state index contributed by atoms with van der Waals surface area (Å²) in [7, 11) is 0. The molecule has 3 unspecified atom stereocenters. The molecule has 3 rings (SSSR count). The summed E-state index contributed by atoms with van der Waals surface area (Å²) in [4.78, 5) is 0. The summed E-state index contributed by atoms with van der Waals surface area (Å²) in [5.74, 6) is 0.674. The molecule has 0 heterocycles. The Balaban J connectivity index is 1.88. The molecule has 1 N–H and O–H groups in total. The van der Waals surface area contributed by atoms with Crippen LogP contribution in [0.15, 0.2) is 18.2 Å². The minimum atomic E-state index is -0.727. The second-order valence-corrected chi connectivity index (χ2v) is 5.97. The number of hydrogen-bond donors (Lipinski definition) is 1. The zero-order valence-electron chi connectivity index (χ0n) is 9.63. The van der Waals surface area contributed by atoms with E-state index in [0.717, 1.165) is 19.3 Å². The Morgan fingerprint density at radius 3 is 2.82 bits per heavy atom. The molecule has 0 amide bonds. The molecule has 0 saturated heterocycles. The third-order valence-corrected chi connectivity index (χ3v) is 4.84. The lowest BCUT2D eigenvalue weighted by molar-refractivity contribution is -0.0131. The fourth-order valence-electron chi connectivity index (χ4n) is 3.64. The normalized spacial score (nSPS) is 35.5. The first-order valence-electron chi connectivity index (χ1n) is 6.24. The lowest BCUT2D eigenvalue weighted by atomic mass is 9.80. The number of aliphatic hydroxyl groups is 1. The number of rotatable bonds is 2. The van der Waals surface area contributed by atoms with Gasteiger partial charge in [-0.2, -0.15) is 0 Å². The molecule has 3 heteroatoms. The third kappa shape index (κ3) is 1.88. The van der Waals surface area contributed by atoms with Crippen LogP contribution in [0.3, 0.4) is 0 Å². The van der Waals surface area contributed by atoms with Gasteiger partial charge in [-0.05, 0) is 49.7 Å². The van der Waals surface area contributed by atoms with Crippen LogP contribution >= 0.6 is 11.6 Å². The predicted octanol–water partition coefficient (Wildman–Crippen LogP) is 3.57. The Morgan fingerprint density at radius 2 is 2.24 bits per heavy atom. The van der Waals surface area contributed by atoms with Gasteiger partial charge in [-0.3, -0.25) is 0 Å². The topological polar surface area (TPSA) is 20.2 Å². The van der Waals surface area contributed by atoms with Crippen LogP contribution in [0.25, 0.3) is 0 Å². The summed E-state index contributed by atoms with van der Waals surface area (Å²) in [6, 6.07) is 4.71. The predicted molar refractivity (Wildman–Crippen MR) is 65.5 cm³/mol. The van der Waals surface area contributed by atoms with Crippen LogP contribution in [0, 0.1) is 17.7 Å². The van der Waals surface area contributed by atoms with E-state index in [9.17, 15) is 9.50 Å². The van der Waals surface area contributed by atoms with Gasteiger partial charge in [0.15, 0.2) is 0 Å². The minimum Gasteiger partial charge on any atom is -0.389 e. The fourth-order valence-corrected chi connectivity index (χ4v) is 3.87. The van der Waals surface area contributed by atoms with Crippen LogP contribution < -0.4 is 0 Å². The molecule has 1 aromatic rings. The number of halogens is 2. The van der Waals surface area contributed by atoms with Crippen LogP contribution in [0.4, 0.5) is 4.39 Å². The number of hydrogen-bond acceptors (Lipinski definition) is 1. The van der Waals surface area contributed by atoms with Crippen molar-refractivity contribution in [3.63, 3.8) is 0 Å². The highest BCUT2D eigenvalue weighted by Crippen LogP contribution is 2.52. The van der Waals surface area contributed by atoms with Crippen molar-refractivity contribution in [3.05, 3.63) is 34.6 Å². The summed E-state index contributed by atoms with van der Waals surface area (Å²) in [5, 5.41) is 11.1. The molecule has 2 aliphatic carbocycles. The Morgan fingerprint density at radius 1 is 1.41 bits per heavy atom. The first-order valence-corrected chi connectivity index (χ1v) is 6.61. The Hall–Kier alpha value is -0.600. The average molecular weight is 255 g/mol. The van der Waals surface area contributed by atoms with E-state index in [1.54, 1.807) is 12.1 Å². The molecule has 1 aromatic carbocycles. The van der Waals surface area contributed by atoms with Gasteiger partial charge in [-0.15, -0.1) is 0 Å². The van der Waals surface area contributed by atoms with E-state index in [1.807, 2.05) is 0 Å². The molecule has 3 atom stereocenters. The van der Waals surface area contributed by atoms with Crippen molar-refractivity contribution < 1.29 is 9.50 Å². The molecule has 0 spiro atoms. The summed E-state index contributed by atoms with van der Waals surface area (Å²) in [5.41, 5.74) is -0.251. The lowest BCUT2D eigenvalue weighted by Crippen LogP contribution is -2.37. The Bertz CT molecular complexity index is 428. The monoisotopic (exact) mass is 254 g/mol. The highest BCUT2D eigenvalue weighted by Gasteiger charge is 2.50. The Labute approximate surface area is 106 Å². The van der Waals surface area contributed by atoms with Gasteiger partial charge in [0, 0.05) is 17.0 Å². The van der Waals surface area contributed by atoms with E-state index >= 15 is 0 Å².